The summed E-state index contributed by atoms with van der Waals surface area (Å²) in [6.07, 6.45) is 7.50. The maximum Gasteiger partial charge on any atom is 0.255 e. The lowest BCUT2D eigenvalue weighted by atomic mass is 9.97. The predicted octanol–water partition coefficient (Wildman–Crippen LogP) is 3.73. The van der Waals surface area contributed by atoms with Gasteiger partial charge in [-0.05, 0) is 56.2 Å². The zero-order valence-electron chi connectivity index (χ0n) is 13.1. The highest BCUT2D eigenvalue weighted by Gasteiger charge is 2.15. The van der Waals surface area contributed by atoms with Crippen molar-refractivity contribution in [1.82, 2.24) is 9.97 Å². The predicted molar refractivity (Wildman–Crippen MR) is 89.8 cm³/mol. The zero-order chi connectivity index (χ0) is 15.4. The average molecular weight is 297 g/mol. The van der Waals surface area contributed by atoms with Crippen LogP contribution in [0, 0.1) is 0 Å². The lowest BCUT2D eigenvalue weighted by molar-refractivity contribution is 0.658. The van der Waals surface area contributed by atoms with Crippen molar-refractivity contribution in [3.05, 3.63) is 51.4 Å². The number of benzene rings is 1. The SMILES string of the molecule is CCCCc1ccc(Nc2nc3c(c(=O)[nH]2)CCCC3)cc1. The van der Waals surface area contributed by atoms with Crippen LogP contribution in [0.4, 0.5) is 11.6 Å². The van der Waals surface area contributed by atoms with E-state index in [9.17, 15) is 4.79 Å². The number of H-pyrrole nitrogens is 1. The van der Waals surface area contributed by atoms with Crippen LogP contribution < -0.4 is 10.9 Å². The summed E-state index contributed by atoms with van der Waals surface area (Å²) >= 11 is 0. The third-order valence-electron chi connectivity index (χ3n) is 4.23. The zero-order valence-corrected chi connectivity index (χ0v) is 13.1. The minimum absolute atomic E-state index is 0.00626. The highest BCUT2D eigenvalue weighted by molar-refractivity contribution is 5.54. The molecule has 1 aromatic carbocycles. The normalized spacial score (nSPS) is 13.7. The van der Waals surface area contributed by atoms with Crippen LogP contribution in [-0.2, 0) is 19.3 Å². The molecule has 2 N–H and O–H groups in total. The van der Waals surface area contributed by atoms with E-state index in [1.165, 1.54) is 18.4 Å². The van der Waals surface area contributed by atoms with E-state index in [-0.39, 0.29) is 5.56 Å². The molecule has 0 saturated heterocycles. The summed E-state index contributed by atoms with van der Waals surface area (Å²) in [6, 6.07) is 8.36. The van der Waals surface area contributed by atoms with E-state index in [4.69, 9.17) is 0 Å². The summed E-state index contributed by atoms with van der Waals surface area (Å²) in [6.45, 7) is 2.20. The number of unbranched alkanes of at least 4 members (excludes halogenated alkanes) is 1. The van der Waals surface area contributed by atoms with Crippen molar-refractivity contribution >= 4 is 11.6 Å². The lowest BCUT2D eigenvalue weighted by Crippen LogP contribution is -2.22. The molecule has 4 nitrogen and oxygen atoms in total. The Morgan fingerprint density at radius 1 is 1.18 bits per heavy atom. The van der Waals surface area contributed by atoms with Crippen molar-refractivity contribution in [2.24, 2.45) is 0 Å². The molecule has 0 amide bonds. The van der Waals surface area contributed by atoms with Gasteiger partial charge in [-0.1, -0.05) is 25.5 Å². The van der Waals surface area contributed by atoms with Gasteiger partial charge in [-0.25, -0.2) is 4.98 Å². The van der Waals surface area contributed by atoms with Crippen molar-refractivity contribution < 1.29 is 0 Å². The smallest absolute Gasteiger partial charge is 0.255 e. The van der Waals surface area contributed by atoms with Gasteiger partial charge in [0.1, 0.15) is 0 Å². The number of hydrogen-bond donors (Lipinski definition) is 2. The molecule has 1 aromatic heterocycles. The second-order valence-corrected chi connectivity index (χ2v) is 5.97. The van der Waals surface area contributed by atoms with Crippen molar-refractivity contribution in [2.75, 3.05) is 5.32 Å². The van der Waals surface area contributed by atoms with Gasteiger partial charge in [-0.15, -0.1) is 0 Å². The Morgan fingerprint density at radius 2 is 1.95 bits per heavy atom. The van der Waals surface area contributed by atoms with Crippen LogP contribution in [0.15, 0.2) is 29.1 Å². The minimum atomic E-state index is 0.00626. The van der Waals surface area contributed by atoms with Crippen LogP contribution in [0.5, 0.6) is 0 Å². The maximum atomic E-state index is 12.1. The van der Waals surface area contributed by atoms with E-state index in [0.717, 1.165) is 49.0 Å². The fraction of sp³-hybridized carbons (Fsp3) is 0.444. The summed E-state index contributed by atoms with van der Waals surface area (Å²) in [4.78, 5) is 19.5. The Hall–Kier alpha value is -2.10. The molecule has 0 saturated carbocycles. The first-order valence-corrected chi connectivity index (χ1v) is 8.24. The third kappa shape index (κ3) is 3.38. The van der Waals surface area contributed by atoms with Gasteiger partial charge in [0.25, 0.3) is 5.56 Å². The van der Waals surface area contributed by atoms with Gasteiger partial charge in [-0.2, -0.15) is 0 Å². The standard InChI is InChI=1S/C18H23N3O/c1-2-3-6-13-9-11-14(12-10-13)19-18-20-16-8-5-4-7-15(16)17(22)21-18/h9-12H,2-8H2,1H3,(H2,19,20,21,22). The largest absolute Gasteiger partial charge is 0.326 e. The van der Waals surface area contributed by atoms with Crippen molar-refractivity contribution in [2.45, 2.75) is 51.9 Å². The highest BCUT2D eigenvalue weighted by Crippen LogP contribution is 2.19. The van der Waals surface area contributed by atoms with Crippen LogP contribution in [0.2, 0.25) is 0 Å². The maximum absolute atomic E-state index is 12.1. The van der Waals surface area contributed by atoms with E-state index in [1.54, 1.807) is 0 Å². The molecular weight excluding hydrogens is 274 g/mol. The molecule has 3 rings (SSSR count). The molecule has 0 aliphatic heterocycles. The number of nitrogens with one attached hydrogen (secondary N) is 2. The van der Waals surface area contributed by atoms with E-state index in [0.29, 0.717) is 5.95 Å². The van der Waals surface area contributed by atoms with E-state index >= 15 is 0 Å². The number of fused-ring (bicyclic) bond motifs is 1. The number of anilines is 2. The lowest BCUT2D eigenvalue weighted by Gasteiger charge is -2.15. The minimum Gasteiger partial charge on any atom is -0.326 e. The van der Waals surface area contributed by atoms with Crippen molar-refractivity contribution in [3.8, 4) is 0 Å². The Balaban J connectivity index is 1.75. The van der Waals surface area contributed by atoms with E-state index in [1.807, 2.05) is 12.1 Å². The van der Waals surface area contributed by atoms with Crippen LogP contribution in [0.1, 0.15) is 49.4 Å². The number of aromatic amines is 1. The number of nitrogens with zero attached hydrogens (tertiary/aromatic N) is 1. The summed E-state index contributed by atoms with van der Waals surface area (Å²) in [5.41, 5.74) is 4.13. The quantitative estimate of drug-likeness (QED) is 0.884. The fourth-order valence-electron chi connectivity index (χ4n) is 2.93. The van der Waals surface area contributed by atoms with Gasteiger partial charge in [0, 0.05) is 11.3 Å². The number of aryl methyl sites for hydroxylation is 2. The first-order chi connectivity index (χ1) is 10.8. The van der Waals surface area contributed by atoms with Crippen molar-refractivity contribution in [3.63, 3.8) is 0 Å². The second kappa shape index (κ2) is 6.77. The molecule has 1 aliphatic rings. The summed E-state index contributed by atoms with van der Waals surface area (Å²) in [7, 11) is 0. The summed E-state index contributed by atoms with van der Waals surface area (Å²) in [5, 5.41) is 3.21. The third-order valence-corrected chi connectivity index (χ3v) is 4.23. The molecule has 0 unspecified atom stereocenters. The van der Waals surface area contributed by atoms with Gasteiger partial charge < -0.3 is 5.32 Å². The molecule has 1 aliphatic carbocycles. The first-order valence-electron chi connectivity index (χ1n) is 8.24. The molecule has 0 spiro atoms. The van der Waals surface area contributed by atoms with Crippen LogP contribution >= 0.6 is 0 Å². The average Bonchev–Trinajstić information content (AvgIpc) is 2.54. The van der Waals surface area contributed by atoms with Gasteiger partial charge in [-0.3, -0.25) is 9.78 Å². The molecule has 0 radical (unpaired) electrons. The van der Waals surface area contributed by atoms with Crippen LogP contribution in [-0.4, -0.2) is 9.97 Å². The van der Waals surface area contributed by atoms with Crippen molar-refractivity contribution in [1.29, 1.82) is 0 Å². The topological polar surface area (TPSA) is 57.8 Å². The van der Waals surface area contributed by atoms with Crippen LogP contribution in [0.3, 0.4) is 0 Å². The fourth-order valence-corrected chi connectivity index (χ4v) is 2.93. The van der Waals surface area contributed by atoms with Gasteiger partial charge in [0.15, 0.2) is 0 Å². The number of hydrogen-bond acceptors (Lipinski definition) is 3. The molecule has 1 heterocycles. The van der Waals surface area contributed by atoms with E-state index < -0.39 is 0 Å². The molecule has 0 fully saturated rings. The van der Waals surface area contributed by atoms with Crippen LogP contribution in [0.25, 0.3) is 0 Å². The second-order valence-electron chi connectivity index (χ2n) is 5.97. The monoisotopic (exact) mass is 297 g/mol. The first kappa shape index (κ1) is 14.8. The molecule has 4 heteroatoms. The summed E-state index contributed by atoms with van der Waals surface area (Å²) in [5.74, 6) is 0.548. The number of rotatable bonds is 5. The summed E-state index contributed by atoms with van der Waals surface area (Å²) < 4.78 is 0. The Bertz CT molecular complexity index is 688. The van der Waals surface area contributed by atoms with Gasteiger partial charge >= 0.3 is 0 Å². The Kier molecular flexibility index (Phi) is 4.56. The molecule has 0 atom stereocenters. The molecule has 116 valence electrons. The Morgan fingerprint density at radius 3 is 2.73 bits per heavy atom. The van der Waals surface area contributed by atoms with E-state index in [2.05, 4.69) is 34.3 Å². The van der Waals surface area contributed by atoms with Gasteiger partial charge in [0.2, 0.25) is 5.95 Å². The molecule has 0 bridgehead atoms. The molecular formula is C18H23N3O. The van der Waals surface area contributed by atoms with Gasteiger partial charge in [0.05, 0.1) is 5.69 Å². The number of aromatic nitrogens is 2. The highest BCUT2D eigenvalue weighted by atomic mass is 16.1. The molecule has 22 heavy (non-hydrogen) atoms. The Labute approximate surface area is 131 Å². The molecule has 2 aromatic rings.